The first kappa shape index (κ1) is 19.8. The maximum atomic E-state index is 14.9. The zero-order chi connectivity index (χ0) is 20.5. The molecule has 1 aromatic carbocycles. The van der Waals surface area contributed by atoms with E-state index >= 15 is 0 Å². The number of hydrogen-bond acceptors (Lipinski definition) is 7. The van der Waals surface area contributed by atoms with Crippen LogP contribution in [0, 0.1) is 5.82 Å². The molecule has 3 heterocycles. The van der Waals surface area contributed by atoms with Crippen LogP contribution in [-0.2, 0) is 14.3 Å². The number of amides is 1. The van der Waals surface area contributed by atoms with Gasteiger partial charge in [-0.15, -0.1) is 0 Å². The van der Waals surface area contributed by atoms with Gasteiger partial charge in [0.2, 0.25) is 0 Å². The normalized spacial score (nSPS) is 23.3. The van der Waals surface area contributed by atoms with Gasteiger partial charge in [-0.1, -0.05) is 0 Å². The third kappa shape index (κ3) is 4.25. The number of nitrogens with zero attached hydrogens (tertiary/aromatic N) is 4. The molecular formula is C20H25FN4O4. The summed E-state index contributed by atoms with van der Waals surface area (Å²) < 4.78 is 20.2. The van der Waals surface area contributed by atoms with Gasteiger partial charge < -0.3 is 14.4 Å². The molecule has 0 bridgehead atoms. The van der Waals surface area contributed by atoms with Gasteiger partial charge in [0.25, 0.3) is 0 Å². The van der Waals surface area contributed by atoms with Crippen molar-refractivity contribution >= 4 is 29.0 Å². The lowest BCUT2D eigenvalue weighted by Crippen LogP contribution is -2.37. The van der Waals surface area contributed by atoms with E-state index in [1.807, 2.05) is 14.9 Å². The monoisotopic (exact) mass is 404 g/mol. The first-order valence-electron chi connectivity index (χ1n) is 9.94. The number of benzene rings is 1. The molecule has 3 fully saturated rings. The Morgan fingerprint density at radius 2 is 1.83 bits per heavy atom. The van der Waals surface area contributed by atoms with Gasteiger partial charge in [-0.3, -0.25) is 9.69 Å². The predicted molar refractivity (Wildman–Crippen MR) is 104 cm³/mol. The molecule has 9 heteroatoms. The lowest BCUT2D eigenvalue weighted by molar-refractivity contribution is -0.117. The summed E-state index contributed by atoms with van der Waals surface area (Å²) in [5.74, 6) is -0.128. The van der Waals surface area contributed by atoms with Crippen molar-refractivity contribution in [3.8, 4) is 0 Å². The highest BCUT2D eigenvalue weighted by Gasteiger charge is 2.34. The third-order valence-electron chi connectivity index (χ3n) is 5.65. The van der Waals surface area contributed by atoms with Gasteiger partial charge in [-0.2, -0.15) is 0 Å². The Bertz CT molecular complexity index is 815. The minimum absolute atomic E-state index is 0.0495. The first-order chi connectivity index (χ1) is 13.9. The molecule has 1 atom stereocenters. The fourth-order valence-corrected chi connectivity index (χ4v) is 4.09. The van der Waals surface area contributed by atoms with Crippen LogP contribution in [0.1, 0.15) is 19.8 Å². The van der Waals surface area contributed by atoms with E-state index in [1.165, 1.54) is 17.9 Å². The molecule has 8 nitrogen and oxygen atoms in total. The van der Waals surface area contributed by atoms with Crippen molar-refractivity contribution in [2.45, 2.75) is 25.9 Å². The Balaban J connectivity index is 1.42. The number of Topliss-reactive ketones (excluding diaryl/α,β-unsaturated/α-hetero) is 2. The van der Waals surface area contributed by atoms with Crippen LogP contribution in [0.5, 0.6) is 0 Å². The molecule has 156 valence electrons. The minimum Gasteiger partial charge on any atom is -0.444 e. The van der Waals surface area contributed by atoms with E-state index in [2.05, 4.69) is 0 Å². The number of anilines is 2. The Kier molecular flexibility index (Phi) is 5.51. The average Bonchev–Trinajstić information content (AvgIpc) is 3.16. The zero-order valence-electron chi connectivity index (χ0n) is 16.5. The maximum absolute atomic E-state index is 14.9. The van der Waals surface area contributed by atoms with Gasteiger partial charge in [0, 0.05) is 32.6 Å². The number of cyclic esters (lactones) is 1. The summed E-state index contributed by atoms with van der Waals surface area (Å²) in [4.78, 5) is 38.3. The summed E-state index contributed by atoms with van der Waals surface area (Å²) in [6.07, 6.45) is -0.0433. The van der Waals surface area contributed by atoms with Crippen LogP contribution in [0.25, 0.3) is 0 Å². The number of rotatable bonds is 5. The molecule has 0 spiro atoms. The molecule has 0 aromatic heterocycles. The lowest BCUT2D eigenvalue weighted by Gasteiger charge is -2.24. The predicted octanol–water partition coefficient (Wildman–Crippen LogP) is 1.44. The van der Waals surface area contributed by atoms with Crippen molar-refractivity contribution in [3.05, 3.63) is 24.0 Å². The first-order valence-corrected chi connectivity index (χ1v) is 9.94. The van der Waals surface area contributed by atoms with E-state index in [-0.39, 0.29) is 17.7 Å². The average molecular weight is 404 g/mol. The molecule has 1 amide bonds. The van der Waals surface area contributed by atoms with Crippen molar-refractivity contribution in [3.63, 3.8) is 0 Å². The number of hydrogen-bond donors (Lipinski definition) is 0. The number of carbonyl (C=O) groups is 3. The van der Waals surface area contributed by atoms with Crippen LogP contribution in [0.4, 0.5) is 20.6 Å². The molecule has 0 unspecified atom stereocenters. The Morgan fingerprint density at radius 1 is 1.14 bits per heavy atom. The number of ketones is 2. The molecule has 0 radical (unpaired) electrons. The number of carbonyl (C=O) groups excluding carboxylic acids is 3. The second kappa shape index (κ2) is 8.08. The van der Waals surface area contributed by atoms with Gasteiger partial charge >= 0.3 is 6.09 Å². The van der Waals surface area contributed by atoms with Gasteiger partial charge in [0.1, 0.15) is 17.7 Å². The van der Waals surface area contributed by atoms with Crippen molar-refractivity contribution in [1.82, 2.24) is 10.0 Å². The highest BCUT2D eigenvalue weighted by Crippen LogP contribution is 2.29. The molecule has 3 aliphatic heterocycles. The summed E-state index contributed by atoms with van der Waals surface area (Å²) in [7, 11) is 0. The van der Waals surface area contributed by atoms with Crippen molar-refractivity contribution in [2.75, 3.05) is 55.6 Å². The van der Waals surface area contributed by atoms with Gasteiger partial charge in [0.15, 0.2) is 5.78 Å². The van der Waals surface area contributed by atoms with Crippen LogP contribution in [0.2, 0.25) is 0 Å². The van der Waals surface area contributed by atoms with Crippen LogP contribution in [0.15, 0.2) is 18.2 Å². The minimum atomic E-state index is -0.515. The number of fused-ring (bicyclic) bond motifs is 1. The van der Waals surface area contributed by atoms with Crippen molar-refractivity contribution in [2.24, 2.45) is 0 Å². The summed E-state index contributed by atoms with van der Waals surface area (Å²) in [6, 6.07) is 4.78. The Morgan fingerprint density at radius 3 is 2.45 bits per heavy atom. The van der Waals surface area contributed by atoms with Gasteiger partial charge in [-0.05, 0) is 31.5 Å². The lowest BCUT2D eigenvalue weighted by atomic mass is 10.1. The SMILES string of the molecule is CC(=O)CC[C@H]1CN(c2ccc(N3CCN4CC(=O)CN4CC3)c(F)c2)C(=O)O1. The molecule has 3 saturated heterocycles. The quantitative estimate of drug-likeness (QED) is 0.735. The summed E-state index contributed by atoms with van der Waals surface area (Å²) in [5, 5.41) is 4.05. The molecule has 3 aliphatic rings. The van der Waals surface area contributed by atoms with Gasteiger partial charge in [0.05, 0.1) is 31.0 Å². The fourth-order valence-electron chi connectivity index (χ4n) is 4.09. The van der Waals surface area contributed by atoms with Crippen molar-refractivity contribution in [1.29, 1.82) is 0 Å². The molecule has 0 saturated carbocycles. The van der Waals surface area contributed by atoms with E-state index in [9.17, 15) is 18.8 Å². The standard InChI is InChI=1S/C20H25FN4O4/c1-14(26)2-4-17-13-25(20(28)29-17)15-3-5-19(18(21)10-15)22-6-8-23-11-16(27)12-24(23)9-7-22/h3,5,10,17H,2,4,6-9,11-13H2,1H3/t17-/m0/s1. The summed E-state index contributed by atoms with van der Waals surface area (Å²) in [5.41, 5.74) is 0.939. The van der Waals surface area contributed by atoms with Crippen LogP contribution in [0.3, 0.4) is 0 Å². The van der Waals surface area contributed by atoms with E-state index in [0.29, 0.717) is 70.0 Å². The second-order valence-corrected chi connectivity index (χ2v) is 7.79. The largest absolute Gasteiger partial charge is 0.444 e. The second-order valence-electron chi connectivity index (χ2n) is 7.79. The van der Waals surface area contributed by atoms with Crippen LogP contribution in [-0.4, -0.2) is 79.6 Å². The summed E-state index contributed by atoms with van der Waals surface area (Å²) >= 11 is 0. The van der Waals surface area contributed by atoms with E-state index in [1.54, 1.807) is 12.1 Å². The maximum Gasteiger partial charge on any atom is 0.414 e. The van der Waals surface area contributed by atoms with E-state index in [0.717, 1.165) is 0 Å². The van der Waals surface area contributed by atoms with E-state index < -0.39 is 11.9 Å². The fraction of sp³-hybridized carbons (Fsp3) is 0.550. The number of hydrazine groups is 1. The highest BCUT2D eigenvalue weighted by molar-refractivity contribution is 5.90. The van der Waals surface area contributed by atoms with Crippen LogP contribution >= 0.6 is 0 Å². The number of halogens is 1. The highest BCUT2D eigenvalue weighted by atomic mass is 19.1. The Hall–Kier alpha value is -2.52. The third-order valence-corrected chi connectivity index (χ3v) is 5.65. The molecule has 0 N–H and O–H groups in total. The summed E-state index contributed by atoms with van der Waals surface area (Å²) in [6.45, 7) is 5.26. The van der Waals surface area contributed by atoms with Crippen molar-refractivity contribution < 1.29 is 23.5 Å². The zero-order valence-corrected chi connectivity index (χ0v) is 16.5. The number of ether oxygens (including phenoxy) is 1. The van der Waals surface area contributed by atoms with E-state index in [4.69, 9.17) is 4.74 Å². The molecular weight excluding hydrogens is 379 g/mol. The molecule has 0 aliphatic carbocycles. The van der Waals surface area contributed by atoms with Gasteiger partial charge in [-0.25, -0.2) is 19.2 Å². The van der Waals surface area contributed by atoms with Crippen LogP contribution < -0.4 is 9.80 Å². The Labute approximate surface area is 168 Å². The molecule has 29 heavy (non-hydrogen) atoms. The molecule has 4 rings (SSSR count). The molecule has 1 aromatic rings. The topological polar surface area (TPSA) is 73.4 Å². The smallest absolute Gasteiger partial charge is 0.414 e.